The van der Waals surface area contributed by atoms with Crippen molar-refractivity contribution < 1.29 is 0 Å². The summed E-state index contributed by atoms with van der Waals surface area (Å²) in [5.41, 5.74) is 8.21. The molecule has 76 valence electrons. The molecule has 0 aliphatic rings. The first-order valence-electron chi connectivity index (χ1n) is 4.73. The maximum absolute atomic E-state index is 5.77. The molecule has 2 nitrogen and oxygen atoms in total. The summed E-state index contributed by atoms with van der Waals surface area (Å²) in [5, 5.41) is 0. The van der Waals surface area contributed by atoms with Crippen LogP contribution in [-0.4, -0.2) is 13.3 Å². The van der Waals surface area contributed by atoms with Crippen molar-refractivity contribution in [3.63, 3.8) is 0 Å². The molecule has 1 aromatic carbocycles. The van der Waals surface area contributed by atoms with Crippen LogP contribution in [0.15, 0.2) is 40.9 Å². The largest absolute Gasteiger partial charge is 0.398 e. The highest BCUT2D eigenvalue weighted by Crippen LogP contribution is 2.08. The van der Waals surface area contributed by atoms with E-state index in [1.807, 2.05) is 37.3 Å². The smallest absolute Gasteiger partial charge is 0.0478 e. The van der Waals surface area contributed by atoms with Gasteiger partial charge in [-0.25, -0.2) is 0 Å². The van der Waals surface area contributed by atoms with E-state index in [-0.39, 0.29) is 0 Å². The molecule has 0 saturated carbocycles. The number of para-hydroxylation sites is 1. The number of aliphatic imine (C=N–C) groups is 1. The molecule has 0 unspecified atom stereocenters. The van der Waals surface area contributed by atoms with Crippen LogP contribution in [0.5, 0.6) is 0 Å². The van der Waals surface area contributed by atoms with Gasteiger partial charge in [-0.2, -0.15) is 0 Å². The van der Waals surface area contributed by atoms with E-state index in [2.05, 4.69) is 16.8 Å². The van der Waals surface area contributed by atoms with E-state index < -0.39 is 0 Å². The van der Waals surface area contributed by atoms with Crippen LogP contribution in [0.4, 0.5) is 5.69 Å². The molecular formula is C13H14N2. The topological polar surface area (TPSA) is 38.4 Å². The molecule has 0 radical (unpaired) electrons. The van der Waals surface area contributed by atoms with Gasteiger partial charge in [-0.15, -0.1) is 0 Å². The number of rotatable bonds is 1. The Labute approximate surface area is 90.5 Å². The summed E-state index contributed by atoms with van der Waals surface area (Å²) < 4.78 is 0. The Balaban J connectivity index is 2.95. The molecule has 0 spiro atoms. The Morgan fingerprint density at radius 1 is 1.40 bits per heavy atom. The number of hydrogen-bond acceptors (Lipinski definition) is 2. The molecular weight excluding hydrogens is 184 g/mol. The molecule has 1 rings (SSSR count). The minimum absolute atomic E-state index is 0.703. The third-order valence-corrected chi connectivity index (χ3v) is 1.88. The maximum atomic E-state index is 5.77. The summed E-state index contributed by atoms with van der Waals surface area (Å²) in [6.07, 6.45) is 3.64. The van der Waals surface area contributed by atoms with Crippen molar-refractivity contribution >= 4 is 11.9 Å². The van der Waals surface area contributed by atoms with Gasteiger partial charge in [-0.1, -0.05) is 30.0 Å². The Morgan fingerprint density at radius 2 is 2.13 bits per heavy atom. The predicted molar refractivity (Wildman–Crippen MR) is 65.9 cm³/mol. The van der Waals surface area contributed by atoms with E-state index in [0.717, 1.165) is 11.1 Å². The van der Waals surface area contributed by atoms with Crippen LogP contribution in [0.25, 0.3) is 0 Å². The van der Waals surface area contributed by atoms with Crippen LogP contribution >= 0.6 is 0 Å². The summed E-state index contributed by atoms with van der Waals surface area (Å²) in [4.78, 5) is 3.91. The molecule has 0 fully saturated rings. The molecule has 2 N–H and O–H groups in total. The standard InChI is InChI=1S/C13H14N2/c1-3-11(10-15-2)8-9-12-6-4-5-7-13(12)14/h3-7,10H,14H2,1-2H3/b11-3-,15-10?. The maximum Gasteiger partial charge on any atom is 0.0478 e. The van der Waals surface area contributed by atoms with Crippen molar-refractivity contribution in [2.24, 2.45) is 4.99 Å². The molecule has 0 aliphatic heterocycles. The molecule has 0 amide bonds. The van der Waals surface area contributed by atoms with Gasteiger partial charge in [-0.05, 0) is 19.1 Å². The third-order valence-electron chi connectivity index (χ3n) is 1.88. The molecule has 0 aliphatic carbocycles. The molecule has 15 heavy (non-hydrogen) atoms. The van der Waals surface area contributed by atoms with Gasteiger partial charge in [0.1, 0.15) is 0 Å². The summed E-state index contributed by atoms with van der Waals surface area (Å²) in [5.74, 6) is 6.02. The highest BCUT2D eigenvalue weighted by atomic mass is 14.6. The van der Waals surface area contributed by atoms with Gasteiger partial charge in [0, 0.05) is 30.1 Å². The zero-order valence-electron chi connectivity index (χ0n) is 8.99. The van der Waals surface area contributed by atoms with Gasteiger partial charge >= 0.3 is 0 Å². The second kappa shape index (κ2) is 5.66. The first-order valence-corrected chi connectivity index (χ1v) is 4.73. The highest BCUT2D eigenvalue weighted by molar-refractivity contribution is 5.84. The Morgan fingerprint density at radius 3 is 2.73 bits per heavy atom. The summed E-state index contributed by atoms with van der Waals surface area (Å²) in [7, 11) is 1.72. The van der Waals surface area contributed by atoms with Crippen LogP contribution in [-0.2, 0) is 0 Å². The lowest BCUT2D eigenvalue weighted by atomic mass is 10.1. The lowest BCUT2D eigenvalue weighted by molar-refractivity contribution is 1.46. The van der Waals surface area contributed by atoms with Gasteiger partial charge in [0.25, 0.3) is 0 Å². The molecule has 0 aromatic heterocycles. The van der Waals surface area contributed by atoms with Crippen LogP contribution in [0.2, 0.25) is 0 Å². The van der Waals surface area contributed by atoms with E-state index in [0.29, 0.717) is 5.69 Å². The van der Waals surface area contributed by atoms with Crippen LogP contribution in [0, 0.1) is 11.8 Å². The quantitative estimate of drug-likeness (QED) is 0.419. The SMILES string of the molecule is C/C=C(/C#Cc1ccccc1N)C=NC. The minimum Gasteiger partial charge on any atom is -0.398 e. The first kappa shape index (κ1) is 11.1. The van der Waals surface area contributed by atoms with Gasteiger partial charge in [-0.3, -0.25) is 4.99 Å². The fraction of sp³-hybridized carbons (Fsp3) is 0.154. The van der Waals surface area contributed by atoms with Crippen LogP contribution in [0.1, 0.15) is 12.5 Å². The number of nitrogens with zero attached hydrogens (tertiary/aromatic N) is 1. The molecule has 0 bridgehead atoms. The Kier molecular flexibility index (Phi) is 4.18. The van der Waals surface area contributed by atoms with E-state index in [1.165, 1.54) is 0 Å². The van der Waals surface area contributed by atoms with Crippen molar-refractivity contribution in [3.8, 4) is 11.8 Å². The van der Waals surface area contributed by atoms with Gasteiger partial charge < -0.3 is 5.73 Å². The van der Waals surface area contributed by atoms with Crippen molar-refractivity contribution in [1.82, 2.24) is 0 Å². The fourth-order valence-electron chi connectivity index (χ4n) is 1.07. The number of nitrogen functional groups attached to an aromatic ring is 1. The zero-order valence-corrected chi connectivity index (χ0v) is 8.99. The van der Waals surface area contributed by atoms with Gasteiger partial charge in [0.15, 0.2) is 0 Å². The van der Waals surface area contributed by atoms with Crippen molar-refractivity contribution in [3.05, 3.63) is 41.5 Å². The number of allylic oxidation sites excluding steroid dienone is 2. The summed E-state index contributed by atoms with van der Waals surface area (Å²) in [6.45, 7) is 1.93. The average molecular weight is 198 g/mol. The van der Waals surface area contributed by atoms with E-state index in [4.69, 9.17) is 5.73 Å². The Bertz CT molecular complexity index is 445. The second-order valence-corrected chi connectivity index (χ2v) is 2.97. The third kappa shape index (κ3) is 3.32. The Hall–Kier alpha value is -2.01. The lowest BCUT2D eigenvalue weighted by Gasteiger charge is -1.95. The van der Waals surface area contributed by atoms with Crippen molar-refractivity contribution in [1.29, 1.82) is 0 Å². The summed E-state index contributed by atoms with van der Waals surface area (Å²) >= 11 is 0. The van der Waals surface area contributed by atoms with Crippen LogP contribution in [0.3, 0.4) is 0 Å². The zero-order chi connectivity index (χ0) is 11.1. The number of nitrogens with two attached hydrogens (primary N) is 1. The predicted octanol–water partition coefficient (Wildman–Crippen LogP) is 2.27. The summed E-state index contributed by atoms with van der Waals surface area (Å²) in [6, 6.07) is 7.56. The lowest BCUT2D eigenvalue weighted by Crippen LogP contribution is -1.88. The van der Waals surface area contributed by atoms with E-state index in [9.17, 15) is 0 Å². The van der Waals surface area contributed by atoms with Crippen molar-refractivity contribution in [2.45, 2.75) is 6.92 Å². The second-order valence-electron chi connectivity index (χ2n) is 2.97. The fourth-order valence-corrected chi connectivity index (χ4v) is 1.07. The van der Waals surface area contributed by atoms with E-state index >= 15 is 0 Å². The van der Waals surface area contributed by atoms with Gasteiger partial charge in [0.2, 0.25) is 0 Å². The van der Waals surface area contributed by atoms with Crippen molar-refractivity contribution in [2.75, 3.05) is 12.8 Å². The monoisotopic (exact) mass is 198 g/mol. The molecule has 1 aromatic rings. The molecule has 0 atom stereocenters. The molecule has 0 saturated heterocycles. The average Bonchev–Trinajstić information content (AvgIpc) is 2.26. The highest BCUT2D eigenvalue weighted by Gasteiger charge is 1.91. The van der Waals surface area contributed by atoms with E-state index in [1.54, 1.807) is 13.3 Å². The number of hydrogen-bond donors (Lipinski definition) is 1. The molecule has 2 heteroatoms. The molecule has 0 heterocycles. The first-order chi connectivity index (χ1) is 7.27. The minimum atomic E-state index is 0.703. The number of anilines is 1. The van der Waals surface area contributed by atoms with Gasteiger partial charge in [0.05, 0.1) is 0 Å². The normalized spacial score (nSPS) is 11.2. The number of benzene rings is 1. The van der Waals surface area contributed by atoms with Crippen LogP contribution < -0.4 is 5.73 Å².